The minimum atomic E-state index is 0. The first-order chi connectivity index (χ1) is 14.7. The maximum Gasteiger partial charge on any atom is 0.190 e. The zero-order chi connectivity index (χ0) is 21.2. The number of halogens is 1. The second-order valence-electron chi connectivity index (χ2n) is 8.71. The molecule has 0 aliphatic carbocycles. The van der Waals surface area contributed by atoms with Crippen molar-refractivity contribution in [3.63, 3.8) is 0 Å². The van der Waals surface area contributed by atoms with E-state index in [4.69, 9.17) is 4.74 Å². The van der Waals surface area contributed by atoms with E-state index in [0.29, 0.717) is 12.6 Å². The number of hydrogen-bond donors (Lipinski definition) is 3. The number of benzene rings is 1. The molecule has 2 heterocycles. The van der Waals surface area contributed by atoms with E-state index in [9.17, 15) is 5.11 Å². The van der Waals surface area contributed by atoms with Crippen molar-refractivity contribution in [1.82, 2.24) is 20.4 Å². The number of piperazine rings is 1. The third kappa shape index (κ3) is 7.85. The molecule has 8 heteroatoms. The van der Waals surface area contributed by atoms with Gasteiger partial charge < -0.3 is 25.4 Å². The second-order valence-corrected chi connectivity index (χ2v) is 8.71. The van der Waals surface area contributed by atoms with Gasteiger partial charge in [-0.2, -0.15) is 0 Å². The van der Waals surface area contributed by atoms with Gasteiger partial charge in [0, 0.05) is 71.0 Å². The molecule has 0 aromatic heterocycles. The van der Waals surface area contributed by atoms with Crippen LogP contribution in [0.1, 0.15) is 30.9 Å². The van der Waals surface area contributed by atoms with Crippen molar-refractivity contribution < 1.29 is 9.84 Å². The molecule has 3 N–H and O–H groups in total. The molecule has 31 heavy (non-hydrogen) atoms. The van der Waals surface area contributed by atoms with Gasteiger partial charge >= 0.3 is 0 Å². The molecule has 0 amide bonds. The van der Waals surface area contributed by atoms with Crippen LogP contribution in [0.4, 0.5) is 0 Å². The molecule has 176 valence electrons. The molecule has 1 aromatic carbocycles. The summed E-state index contributed by atoms with van der Waals surface area (Å²) in [4.78, 5) is 9.40. The summed E-state index contributed by atoms with van der Waals surface area (Å²) >= 11 is 0. The molecule has 2 atom stereocenters. The normalized spacial score (nSPS) is 25.3. The molecule has 0 spiro atoms. The predicted octanol–water partition coefficient (Wildman–Crippen LogP) is 1.94. The van der Waals surface area contributed by atoms with Gasteiger partial charge in [0.2, 0.25) is 0 Å². The monoisotopic (exact) mass is 545 g/mol. The highest BCUT2D eigenvalue weighted by molar-refractivity contribution is 14.0. The molecule has 0 saturated carbocycles. The van der Waals surface area contributed by atoms with Gasteiger partial charge in [0.05, 0.1) is 6.61 Å². The van der Waals surface area contributed by atoms with Gasteiger partial charge in [0.15, 0.2) is 5.96 Å². The fraction of sp³-hybridized carbons (Fsp3) is 0.696. The minimum absolute atomic E-state index is 0. The Kier molecular flexibility index (Phi) is 11.5. The summed E-state index contributed by atoms with van der Waals surface area (Å²) in [5.74, 6) is 0.831. The average molecular weight is 546 g/mol. The van der Waals surface area contributed by atoms with E-state index in [1.54, 1.807) is 0 Å². The van der Waals surface area contributed by atoms with E-state index in [0.717, 1.165) is 71.1 Å². The standard InChI is InChI=1S/C23H39N5O2.HI/c1-24-22(26-18-23(9-15-29)10-16-30-19-23)25-11-6-12-28-14-13-27(2)17-21(28)20-7-4-3-5-8-20;/h3-5,7-8,21,29H,6,9-19H2,1-2H3,(H2,24,25,26);1H. The zero-order valence-corrected chi connectivity index (χ0v) is 21.4. The van der Waals surface area contributed by atoms with Crippen molar-refractivity contribution in [1.29, 1.82) is 0 Å². The van der Waals surface area contributed by atoms with Crippen molar-refractivity contribution in [2.24, 2.45) is 10.4 Å². The van der Waals surface area contributed by atoms with E-state index >= 15 is 0 Å². The van der Waals surface area contributed by atoms with Crippen LogP contribution >= 0.6 is 24.0 Å². The zero-order valence-electron chi connectivity index (χ0n) is 19.1. The number of guanidine groups is 1. The molecule has 2 aliphatic rings. The number of hydrogen-bond acceptors (Lipinski definition) is 5. The molecule has 1 aromatic rings. The number of aliphatic hydroxyl groups excluding tert-OH is 1. The largest absolute Gasteiger partial charge is 0.396 e. The molecule has 7 nitrogen and oxygen atoms in total. The van der Waals surface area contributed by atoms with Crippen LogP contribution in [-0.2, 0) is 4.74 Å². The van der Waals surface area contributed by atoms with E-state index < -0.39 is 0 Å². The van der Waals surface area contributed by atoms with Crippen molar-refractivity contribution in [3.05, 3.63) is 35.9 Å². The lowest BCUT2D eigenvalue weighted by Gasteiger charge is -2.40. The van der Waals surface area contributed by atoms with Gasteiger partial charge in [-0.05, 0) is 31.9 Å². The molecule has 0 bridgehead atoms. The van der Waals surface area contributed by atoms with Crippen LogP contribution in [0.2, 0.25) is 0 Å². The Morgan fingerprint density at radius 2 is 2.06 bits per heavy atom. The number of likely N-dealkylation sites (N-methyl/N-ethyl adjacent to an activating group) is 1. The van der Waals surface area contributed by atoms with E-state index in [-0.39, 0.29) is 36.0 Å². The SMILES string of the molecule is CN=C(NCCCN1CCN(C)CC1c1ccccc1)NCC1(CCO)CCOC1.I. The van der Waals surface area contributed by atoms with Crippen molar-refractivity contribution >= 4 is 29.9 Å². The quantitative estimate of drug-likeness (QED) is 0.191. The number of nitrogens with one attached hydrogen (secondary N) is 2. The van der Waals surface area contributed by atoms with Crippen LogP contribution in [0.25, 0.3) is 0 Å². The Morgan fingerprint density at radius 1 is 1.26 bits per heavy atom. The van der Waals surface area contributed by atoms with Crippen LogP contribution < -0.4 is 10.6 Å². The Labute approximate surface area is 204 Å². The molecule has 2 unspecified atom stereocenters. The Balaban J connectivity index is 0.00000341. The first-order valence-corrected chi connectivity index (χ1v) is 11.3. The third-order valence-electron chi connectivity index (χ3n) is 6.47. The maximum absolute atomic E-state index is 9.39. The molecule has 3 rings (SSSR count). The summed E-state index contributed by atoms with van der Waals surface area (Å²) in [5, 5.41) is 16.3. The average Bonchev–Trinajstić information content (AvgIpc) is 3.23. The van der Waals surface area contributed by atoms with Crippen LogP contribution in [0.15, 0.2) is 35.3 Å². The minimum Gasteiger partial charge on any atom is -0.396 e. The summed E-state index contributed by atoms with van der Waals surface area (Å²) < 4.78 is 5.58. The lowest BCUT2D eigenvalue weighted by Crippen LogP contribution is -2.48. The highest BCUT2D eigenvalue weighted by Gasteiger charge is 2.34. The number of nitrogens with zero attached hydrogens (tertiary/aromatic N) is 3. The summed E-state index contributed by atoms with van der Waals surface area (Å²) in [7, 11) is 4.02. The first kappa shape index (κ1) is 26.3. The van der Waals surface area contributed by atoms with Gasteiger partial charge in [-0.25, -0.2) is 0 Å². The molecule has 0 radical (unpaired) electrons. The Morgan fingerprint density at radius 3 is 2.74 bits per heavy atom. The van der Waals surface area contributed by atoms with Crippen LogP contribution in [0, 0.1) is 5.41 Å². The smallest absolute Gasteiger partial charge is 0.190 e. The summed E-state index contributed by atoms with van der Waals surface area (Å²) in [6.07, 6.45) is 2.82. The van der Waals surface area contributed by atoms with E-state index in [2.05, 4.69) is 62.8 Å². The predicted molar refractivity (Wildman–Crippen MR) is 137 cm³/mol. The first-order valence-electron chi connectivity index (χ1n) is 11.3. The maximum atomic E-state index is 9.39. The lowest BCUT2D eigenvalue weighted by molar-refractivity contribution is 0.0891. The van der Waals surface area contributed by atoms with Crippen molar-refractivity contribution in [3.8, 4) is 0 Å². The second kappa shape index (κ2) is 13.6. The molecular formula is C23H40IN5O2. The van der Waals surface area contributed by atoms with E-state index in [1.807, 2.05) is 7.05 Å². The molecule has 2 fully saturated rings. The lowest BCUT2D eigenvalue weighted by atomic mass is 9.84. The highest BCUT2D eigenvalue weighted by atomic mass is 127. The topological polar surface area (TPSA) is 72.4 Å². The summed E-state index contributed by atoms with van der Waals surface area (Å²) in [6.45, 7) is 7.73. The van der Waals surface area contributed by atoms with Crippen LogP contribution in [0.5, 0.6) is 0 Å². The Hall–Kier alpha value is -0.940. The van der Waals surface area contributed by atoms with Crippen molar-refractivity contribution in [2.75, 3.05) is 73.2 Å². The van der Waals surface area contributed by atoms with Crippen molar-refractivity contribution in [2.45, 2.75) is 25.3 Å². The number of aliphatic imine (C=N–C) groups is 1. The van der Waals surface area contributed by atoms with Gasteiger partial charge in [0.1, 0.15) is 0 Å². The number of aliphatic hydroxyl groups is 1. The van der Waals surface area contributed by atoms with Crippen LogP contribution in [-0.4, -0.2) is 94.1 Å². The summed E-state index contributed by atoms with van der Waals surface area (Å²) in [5.41, 5.74) is 1.43. The fourth-order valence-electron chi connectivity index (χ4n) is 4.51. The molecule has 2 saturated heterocycles. The molecular weight excluding hydrogens is 505 g/mol. The fourth-order valence-corrected chi connectivity index (χ4v) is 4.51. The van der Waals surface area contributed by atoms with Gasteiger partial charge in [-0.15, -0.1) is 24.0 Å². The number of rotatable bonds is 9. The van der Waals surface area contributed by atoms with Gasteiger partial charge in [-0.3, -0.25) is 9.89 Å². The van der Waals surface area contributed by atoms with Crippen LogP contribution in [0.3, 0.4) is 0 Å². The van der Waals surface area contributed by atoms with E-state index in [1.165, 1.54) is 5.56 Å². The number of ether oxygens (including phenoxy) is 1. The third-order valence-corrected chi connectivity index (χ3v) is 6.47. The Bertz CT molecular complexity index is 655. The van der Waals surface area contributed by atoms with Gasteiger partial charge in [0.25, 0.3) is 0 Å². The summed E-state index contributed by atoms with van der Waals surface area (Å²) in [6, 6.07) is 11.3. The highest BCUT2D eigenvalue weighted by Crippen LogP contribution is 2.31. The molecule has 2 aliphatic heterocycles. The van der Waals surface area contributed by atoms with Gasteiger partial charge in [-0.1, -0.05) is 30.3 Å².